The lowest BCUT2D eigenvalue weighted by Gasteiger charge is -2.38. The normalized spacial score (nSPS) is 16.5. The molecule has 4 N–H and O–H groups in total. The van der Waals surface area contributed by atoms with Gasteiger partial charge in [0.25, 0.3) is 5.91 Å². The van der Waals surface area contributed by atoms with Gasteiger partial charge < -0.3 is 5.32 Å². The van der Waals surface area contributed by atoms with Crippen molar-refractivity contribution in [2.75, 3.05) is 26.2 Å². The van der Waals surface area contributed by atoms with E-state index in [1.54, 1.807) is 24.3 Å². The first kappa shape index (κ1) is 18.4. The highest BCUT2D eigenvalue weighted by Gasteiger charge is 2.36. The Labute approximate surface area is 151 Å². The lowest BCUT2D eigenvalue weighted by Crippen LogP contribution is -2.57. The van der Waals surface area contributed by atoms with Crippen LogP contribution in [0.4, 0.5) is 8.78 Å². The Morgan fingerprint density at radius 2 is 1.42 bits per heavy atom. The second-order valence-electron chi connectivity index (χ2n) is 6.32. The fraction of sp³-hybridized carbons (Fsp3) is 0.316. The molecule has 1 aliphatic heterocycles. The summed E-state index contributed by atoms with van der Waals surface area (Å²) in [6, 6.07) is 11.5. The fourth-order valence-corrected chi connectivity index (χ4v) is 3.47. The van der Waals surface area contributed by atoms with Crippen molar-refractivity contribution in [3.8, 4) is 0 Å². The minimum Gasteiger partial charge on any atom is -0.314 e. The minimum absolute atomic E-state index is 0.328. The zero-order chi connectivity index (χ0) is 18.5. The fourth-order valence-electron chi connectivity index (χ4n) is 3.47. The Balaban J connectivity index is 2.07. The number of hydrogen-bond acceptors (Lipinski definition) is 4. The van der Waals surface area contributed by atoms with Gasteiger partial charge in [0.15, 0.2) is 0 Å². The molecule has 2 aromatic carbocycles. The predicted octanol–water partition coefficient (Wildman–Crippen LogP) is 1.36. The van der Waals surface area contributed by atoms with Crippen LogP contribution in [-0.2, 0) is 4.79 Å². The molecular weight excluding hydrogens is 338 g/mol. The molecule has 1 fully saturated rings. The summed E-state index contributed by atoms with van der Waals surface area (Å²) in [4.78, 5) is 14.7. The number of hydrogen-bond donors (Lipinski definition) is 3. The molecule has 1 aliphatic rings. The molecule has 0 spiro atoms. The molecule has 138 valence electrons. The maximum absolute atomic E-state index is 13.4. The van der Waals surface area contributed by atoms with Crippen molar-refractivity contribution >= 4 is 5.91 Å². The van der Waals surface area contributed by atoms with Crippen LogP contribution in [0.3, 0.4) is 0 Å². The summed E-state index contributed by atoms with van der Waals surface area (Å²) in [5.41, 5.74) is 3.79. The van der Waals surface area contributed by atoms with Crippen LogP contribution in [0.25, 0.3) is 0 Å². The van der Waals surface area contributed by atoms with Crippen molar-refractivity contribution in [3.05, 3.63) is 71.3 Å². The summed E-state index contributed by atoms with van der Waals surface area (Å²) < 4.78 is 26.8. The maximum atomic E-state index is 13.4. The number of carbonyl (C=O) groups is 1. The molecule has 0 saturated carbocycles. The molecule has 1 amide bonds. The monoisotopic (exact) mass is 360 g/mol. The Morgan fingerprint density at radius 1 is 0.962 bits per heavy atom. The average Bonchev–Trinajstić information content (AvgIpc) is 2.68. The zero-order valence-electron chi connectivity index (χ0n) is 14.3. The second-order valence-corrected chi connectivity index (χ2v) is 6.32. The van der Waals surface area contributed by atoms with Crippen molar-refractivity contribution in [1.82, 2.24) is 15.6 Å². The van der Waals surface area contributed by atoms with E-state index in [1.165, 1.54) is 24.3 Å². The molecule has 5 nitrogen and oxygen atoms in total. The third kappa shape index (κ3) is 4.07. The number of amides is 1. The number of rotatable bonds is 5. The smallest absolute Gasteiger partial charge is 0.252 e. The number of nitrogens with one attached hydrogen (secondary N) is 2. The van der Waals surface area contributed by atoms with Crippen LogP contribution in [0.2, 0.25) is 0 Å². The molecular formula is C19H22F2N4O. The van der Waals surface area contributed by atoms with Gasteiger partial charge in [0.05, 0.1) is 0 Å². The van der Waals surface area contributed by atoms with Crippen LogP contribution in [0.15, 0.2) is 48.5 Å². The number of benzene rings is 2. The van der Waals surface area contributed by atoms with Gasteiger partial charge in [-0.1, -0.05) is 24.3 Å². The quantitative estimate of drug-likeness (QED) is 0.428. The first-order valence-electron chi connectivity index (χ1n) is 8.56. The summed E-state index contributed by atoms with van der Waals surface area (Å²) in [6.45, 7) is 2.87. The summed E-state index contributed by atoms with van der Waals surface area (Å²) >= 11 is 0. The first-order chi connectivity index (χ1) is 12.6. The lowest BCUT2D eigenvalue weighted by atomic mass is 9.83. The third-order valence-electron chi connectivity index (χ3n) is 4.73. The van der Waals surface area contributed by atoms with Crippen molar-refractivity contribution in [2.45, 2.75) is 12.0 Å². The summed E-state index contributed by atoms with van der Waals surface area (Å²) in [5.74, 6) is 4.02. The van der Waals surface area contributed by atoms with Crippen molar-refractivity contribution in [3.63, 3.8) is 0 Å². The molecule has 1 atom stereocenters. The predicted molar refractivity (Wildman–Crippen MR) is 95.2 cm³/mol. The van der Waals surface area contributed by atoms with E-state index >= 15 is 0 Å². The van der Waals surface area contributed by atoms with Crippen LogP contribution in [0, 0.1) is 11.6 Å². The summed E-state index contributed by atoms with van der Waals surface area (Å²) in [6.07, 6.45) is 0. The van der Waals surface area contributed by atoms with Gasteiger partial charge in [-0.15, -0.1) is 0 Å². The average molecular weight is 360 g/mol. The Morgan fingerprint density at radius 3 is 1.85 bits per heavy atom. The number of nitrogens with two attached hydrogens (primary N) is 1. The van der Waals surface area contributed by atoms with E-state index < -0.39 is 12.0 Å². The van der Waals surface area contributed by atoms with E-state index in [2.05, 4.69) is 15.6 Å². The van der Waals surface area contributed by atoms with Crippen LogP contribution >= 0.6 is 0 Å². The largest absolute Gasteiger partial charge is 0.314 e. The maximum Gasteiger partial charge on any atom is 0.252 e. The molecule has 0 aromatic heterocycles. The molecule has 1 heterocycles. The number of hydrazine groups is 1. The van der Waals surface area contributed by atoms with Gasteiger partial charge in [0, 0.05) is 32.1 Å². The zero-order valence-corrected chi connectivity index (χ0v) is 14.3. The van der Waals surface area contributed by atoms with Gasteiger partial charge in [-0.3, -0.25) is 15.1 Å². The second kappa shape index (κ2) is 8.35. The van der Waals surface area contributed by atoms with E-state index in [4.69, 9.17) is 5.84 Å². The number of halogens is 2. The molecule has 7 heteroatoms. The van der Waals surface area contributed by atoms with E-state index in [1.807, 2.05) is 0 Å². The van der Waals surface area contributed by atoms with E-state index in [0.29, 0.717) is 13.1 Å². The number of carbonyl (C=O) groups excluding carboxylic acids is 1. The molecule has 2 aromatic rings. The summed E-state index contributed by atoms with van der Waals surface area (Å²) in [7, 11) is 0. The highest BCUT2D eigenvalue weighted by atomic mass is 19.1. The standard InChI is InChI=1S/C19H22F2N4O/c20-15-5-1-13(2-6-15)17(14-3-7-16(21)8-4-14)18(19(26)24-22)25-11-9-23-10-12-25/h1-8,17-18,23H,9-12,22H2,(H,24,26). The molecule has 0 bridgehead atoms. The van der Waals surface area contributed by atoms with Gasteiger partial charge in [-0.2, -0.15) is 0 Å². The van der Waals surface area contributed by atoms with E-state index in [9.17, 15) is 13.6 Å². The minimum atomic E-state index is -0.585. The van der Waals surface area contributed by atoms with Gasteiger partial charge in [-0.25, -0.2) is 14.6 Å². The molecule has 3 rings (SSSR count). The van der Waals surface area contributed by atoms with Gasteiger partial charge in [0.2, 0.25) is 0 Å². The molecule has 26 heavy (non-hydrogen) atoms. The summed E-state index contributed by atoms with van der Waals surface area (Å²) in [5, 5.41) is 3.26. The Bertz CT molecular complexity index is 685. The topological polar surface area (TPSA) is 70.4 Å². The van der Waals surface area contributed by atoms with Gasteiger partial charge in [-0.05, 0) is 35.4 Å². The van der Waals surface area contributed by atoms with Crippen LogP contribution in [0.5, 0.6) is 0 Å². The van der Waals surface area contributed by atoms with Crippen LogP contribution < -0.4 is 16.6 Å². The Hall–Kier alpha value is -2.35. The van der Waals surface area contributed by atoms with Crippen molar-refractivity contribution < 1.29 is 13.6 Å². The third-order valence-corrected chi connectivity index (χ3v) is 4.73. The van der Waals surface area contributed by atoms with Crippen molar-refractivity contribution in [2.24, 2.45) is 5.84 Å². The number of nitrogens with zero attached hydrogens (tertiary/aromatic N) is 1. The van der Waals surface area contributed by atoms with Crippen LogP contribution in [0.1, 0.15) is 17.0 Å². The lowest BCUT2D eigenvalue weighted by molar-refractivity contribution is -0.127. The molecule has 1 saturated heterocycles. The SMILES string of the molecule is NNC(=O)C(C(c1ccc(F)cc1)c1ccc(F)cc1)N1CCNCC1. The first-order valence-corrected chi connectivity index (χ1v) is 8.56. The van der Waals surface area contributed by atoms with Crippen LogP contribution in [-0.4, -0.2) is 43.0 Å². The van der Waals surface area contributed by atoms with E-state index in [-0.39, 0.29) is 17.5 Å². The Kier molecular flexibility index (Phi) is 5.92. The van der Waals surface area contributed by atoms with Gasteiger partial charge in [0.1, 0.15) is 17.7 Å². The highest BCUT2D eigenvalue weighted by Crippen LogP contribution is 2.32. The number of piperazine rings is 1. The highest BCUT2D eigenvalue weighted by molar-refractivity contribution is 5.83. The molecule has 1 unspecified atom stereocenters. The van der Waals surface area contributed by atoms with Crippen molar-refractivity contribution in [1.29, 1.82) is 0 Å². The van der Waals surface area contributed by atoms with Gasteiger partial charge >= 0.3 is 0 Å². The molecule has 0 radical (unpaired) electrons. The van der Waals surface area contributed by atoms with E-state index in [0.717, 1.165) is 24.2 Å². The molecule has 0 aliphatic carbocycles.